The predicted octanol–water partition coefficient (Wildman–Crippen LogP) is 6.17. The number of ether oxygens (including phenoxy) is 4. The van der Waals surface area contributed by atoms with Crippen molar-refractivity contribution in [3.05, 3.63) is 123 Å². The number of anilines is 2. The van der Waals surface area contributed by atoms with Crippen molar-refractivity contribution < 1.29 is 57.6 Å². The molecular formula is C70H89N17O12S. The summed E-state index contributed by atoms with van der Waals surface area (Å²) >= 11 is 1.55. The third-order valence-electron chi connectivity index (χ3n) is 17.4. The topological polar surface area (TPSA) is 353 Å². The highest BCUT2D eigenvalue weighted by Gasteiger charge is 2.44. The number of carbonyl (C=O) groups excluding carboxylic acids is 7. The number of amides is 7. The van der Waals surface area contributed by atoms with E-state index in [1.54, 1.807) is 85.6 Å². The maximum atomic E-state index is 14.2. The molecule has 8 N–H and O–H groups in total. The van der Waals surface area contributed by atoms with Crippen molar-refractivity contribution >= 4 is 86.7 Å². The van der Waals surface area contributed by atoms with Crippen LogP contribution in [0.1, 0.15) is 125 Å². The van der Waals surface area contributed by atoms with E-state index in [1.807, 2.05) is 78.0 Å². The lowest BCUT2D eigenvalue weighted by molar-refractivity contribution is -0.144. The van der Waals surface area contributed by atoms with Gasteiger partial charge in [0.25, 0.3) is 17.7 Å². The van der Waals surface area contributed by atoms with E-state index in [4.69, 9.17) is 34.6 Å². The van der Waals surface area contributed by atoms with E-state index in [2.05, 4.69) is 46.7 Å². The number of nitrogens with two attached hydrogens (primary N) is 1. The van der Waals surface area contributed by atoms with Crippen LogP contribution < -0.4 is 41.8 Å². The Balaban J connectivity index is 0.791. The van der Waals surface area contributed by atoms with Crippen molar-refractivity contribution in [1.82, 2.24) is 69.4 Å². The van der Waals surface area contributed by atoms with E-state index < -0.39 is 65.0 Å². The first-order chi connectivity index (χ1) is 48.0. The van der Waals surface area contributed by atoms with Crippen molar-refractivity contribution in [2.24, 2.45) is 11.1 Å². The summed E-state index contributed by atoms with van der Waals surface area (Å²) in [5.74, 6) is -2.45. The number of fused-ring (bicyclic) bond motifs is 2. The number of hydrogen-bond acceptors (Lipinski definition) is 19. The minimum Gasteiger partial charge on any atom is -0.494 e. The van der Waals surface area contributed by atoms with Crippen molar-refractivity contribution in [3.63, 3.8) is 0 Å². The fraction of sp³-hybridized carbons (Fsp3) is 0.457. The number of aliphatic hydroxyl groups excluding tert-OH is 1. The molecule has 7 amide bonds. The Bertz CT molecular complexity index is 4310. The molecule has 2 fully saturated rings. The number of likely N-dealkylation sites (tertiary alicyclic amines) is 1. The number of imidazole rings is 2. The Hall–Kier alpha value is -9.88. The zero-order valence-corrected chi connectivity index (χ0v) is 58.8. The van der Waals surface area contributed by atoms with Gasteiger partial charge in [0.1, 0.15) is 46.0 Å². The molecule has 532 valence electrons. The van der Waals surface area contributed by atoms with Gasteiger partial charge in [0.05, 0.1) is 78.1 Å². The summed E-state index contributed by atoms with van der Waals surface area (Å²) in [4.78, 5) is 115. The molecule has 3 aromatic carbocycles. The maximum absolute atomic E-state index is 14.2. The fourth-order valence-electron chi connectivity index (χ4n) is 12.2. The third-order valence-corrected chi connectivity index (χ3v) is 18.3. The number of carbonyl (C=O) groups is 7. The number of morpholine rings is 1. The smallest absolute Gasteiger partial charge is 0.276 e. The van der Waals surface area contributed by atoms with Crippen molar-refractivity contribution in [3.8, 4) is 21.9 Å². The van der Waals surface area contributed by atoms with Crippen molar-refractivity contribution in [1.29, 1.82) is 0 Å². The quantitative estimate of drug-likeness (QED) is 0.0188. The number of nitrogens with one attached hydrogen (secondary N) is 5. The molecule has 0 aliphatic carbocycles. The minimum atomic E-state index is -1.02. The van der Waals surface area contributed by atoms with Gasteiger partial charge in [0.2, 0.25) is 35.5 Å². The Morgan fingerprint density at radius 3 is 1.96 bits per heavy atom. The number of benzene rings is 3. The van der Waals surface area contributed by atoms with Crippen LogP contribution in [0, 0.1) is 26.2 Å². The highest BCUT2D eigenvalue weighted by Crippen LogP contribution is 2.35. The summed E-state index contributed by atoms with van der Waals surface area (Å²) in [6, 6.07) is 15.5. The van der Waals surface area contributed by atoms with E-state index >= 15 is 0 Å². The van der Waals surface area contributed by atoms with Gasteiger partial charge in [-0.05, 0) is 100 Å². The first-order valence-corrected chi connectivity index (χ1v) is 34.5. The van der Waals surface area contributed by atoms with Crippen LogP contribution in [-0.4, -0.2) is 191 Å². The fourth-order valence-corrected chi connectivity index (χ4v) is 13.0. The highest BCUT2D eigenvalue weighted by atomic mass is 32.1. The summed E-state index contributed by atoms with van der Waals surface area (Å²) in [6.45, 7) is 20.4. The Morgan fingerprint density at radius 1 is 0.770 bits per heavy atom. The zero-order chi connectivity index (χ0) is 71.4. The lowest BCUT2D eigenvalue weighted by Gasteiger charge is -2.35. The van der Waals surface area contributed by atoms with Crippen LogP contribution in [0.2, 0.25) is 0 Å². The molecule has 3 atom stereocenters. The van der Waals surface area contributed by atoms with Gasteiger partial charge in [0.15, 0.2) is 0 Å². The average molecular weight is 1390 g/mol. The van der Waals surface area contributed by atoms with Crippen LogP contribution in [0.4, 0.5) is 11.9 Å². The lowest BCUT2D eigenvalue weighted by Crippen LogP contribution is -2.57. The van der Waals surface area contributed by atoms with E-state index in [-0.39, 0.29) is 87.6 Å². The number of primary amides is 1. The minimum absolute atomic E-state index is 0.0197. The molecule has 2 aliphatic rings. The number of β-amino-alcohol motifs (C(OH)–C–C–N with tert-alkyl or cyclic N) is 1. The van der Waals surface area contributed by atoms with Gasteiger partial charge >= 0.3 is 0 Å². The van der Waals surface area contributed by atoms with Gasteiger partial charge in [-0.3, -0.25) is 58.5 Å². The highest BCUT2D eigenvalue weighted by molar-refractivity contribution is 7.13. The number of methoxy groups -OCH3 is 1. The second-order valence-corrected chi connectivity index (χ2v) is 26.6. The van der Waals surface area contributed by atoms with Crippen LogP contribution in [-0.2, 0) is 56.6 Å². The monoisotopic (exact) mass is 1390 g/mol. The summed E-state index contributed by atoms with van der Waals surface area (Å²) < 4.78 is 30.5. The molecule has 8 aromatic rings. The Kier molecular flexibility index (Phi) is 23.9. The van der Waals surface area contributed by atoms with Crippen LogP contribution in [0.25, 0.3) is 32.5 Å². The first kappa shape index (κ1) is 72.9. The number of aliphatic hydroxyl groups is 1. The van der Waals surface area contributed by atoms with Crippen LogP contribution in [0.15, 0.2) is 78.3 Å². The second-order valence-electron chi connectivity index (χ2n) is 25.8. The van der Waals surface area contributed by atoms with Gasteiger partial charge in [-0.25, -0.2) is 15.0 Å². The molecular weight excluding hydrogens is 1300 g/mol. The summed E-state index contributed by atoms with van der Waals surface area (Å²) in [5.41, 5.74) is 13.7. The molecule has 0 bridgehead atoms. The predicted molar refractivity (Wildman–Crippen MR) is 376 cm³/mol. The summed E-state index contributed by atoms with van der Waals surface area (Å²) in [5, 5.41) is 34.3. The molecule has 0 spiro atoms. The normalized spacial score (nSPS) is 15.4. The molecule has 5 aromatic heterocycles. The molecule has 29 nitrogen and oxygen atoms in total. The molecule has 7 heterocycles. The molecule has 10 rings (SSSR count). The number of hydrogen-bond donors (Lipinski definition) is 7. The molecule has 0 saturated carbocycles. The largest absolute Gasteiger partial charge is 0.494 e. The number of allylic oxidation sites excluding steroid dienone is 2. The van der Waals surface area contributed by atoms with E-state index in [0.29, 0.717) is 96.3 Å². The van der Waals surface area contributed by atoms with Crippen molar-refractivity contribution in [2.45, 2.75) is 132 Å². The van der Waals surface area contributed by atoms with Gasteiger partial charge in [-0.2, -0.15) is 10.2 Å². The molecule has 2 saturated heterocycles. The molecule has 100 heavy (non-hydrogen) atoms. The number of nitrogens with zero attached hydrogens (tertiary/aromatic N) is 11. The zero-order valence-electron chi connectivity index (χ0n) is 58.0. The number of aromatic nitrogens is 9. The van der Waals surface area contributed by atoms with Gasteiger partial charge in [-0.1, -0.05) is 57.2 Å². The first-order valence-electron chi connectivity index (χ1n) is 33.6. The summed E-state index contributed by atoms with van der Waals surface area (Å²) in [6.07, 6.45) is 3.81. The number of thiazole rings is 1. The van der Waals surface area contributed by atoms with Crippen LogP contribution >= 0.6 is 11.3 Å². The average Bonchev–Trinajstić information content (AvgIpc) is 1.61. The van der Waals surface area contributed by atoms with E-state index in [0.717, 1.165) is 41.3 Å². The maximum Gasteiger partial charge on any atom is 0.276 e. The number of aryl methyl sites for hydroxylation is 5. The van der Waals surface area contributed by atoms with Crippen LogP contribution in [0.5, 0.6) is 11.5 Å². The third kappa shape index (κ3) is 17.6. The van der Waals surface area contributed by atoms with Gasteiger partial charge in [0, 0.05) is 96.0 Å². The SMILES string of the molecule is CCn1nc(C)cc1C(=O)Nc1nc2cc(C(=O)NCCCOCCC(=O)N[C@@H](C(=O)N3C[C@H](O)C[C@H]3C(=O)NCc3ccc(-c4scnc4C)cc3)C(C)(C)C)cc(OC)c2n1C/C=C/Cn1c(NC(=O)c2cc(C)nn2CC)nc2cc(C(N)=O)cc(OCCCN3CCOCC3)c21. The molecule has 30 heteroatoms. The Labute approximate surface area is 583 Å². The molecule has 0 radical (unpaired) electrons. The molecule has 2 aliphatic heterocycles. The standard InChI is InChI=1S/C70H89N17O12S/c1-10-86-53(32-42(3)80-86)65(93)78-68-76-51-35-48(63(91)72-21-14-27-97-29-20-57(89)77-61(70(6,7)8)67(95)85-40-49(88)38-52(85)64(92)73-39-45-16-18-46(19-17-45)60-44(5)74-41-100-60)37-55(96-9)58(51)83(68)23-12-13-24-84-59-50(75-69(84)79-66(94)54-33-43(4)81-87(54)11-2)34-47(62(71)90)36-56(59)99-28-15-22-82-25-30-98-31-26-82/h12-13,16-19,32-37,41,49,52,61,88H,10-11,14-15,20-31,38-40H2,1-9H3,(H2,71,90)(H,72,91)(H,73,92)(H,77,89)(H,75,79,94)(H,76,78,93)/b13-12+/t49-,52+,61+/m1/s1. The van der Waals surface area contributed by atoms with E-state index in [9.17, 15) is 38.7 Å². The molecule has 0 unspecified atom stereocenters. The summed E-state index contributed by atoms with van der Waals surface area (Å²) in [7, 11) is 1.47. The van der Waals surface area contributed by atoms with Gasteiger partial charge in [-0.15, -0.1) is 11.3 Å². The van der Waals surface area contributed by atoms with Crippen LogP contribution in [0.3, 0.4) is 0 Å². The Morgan fingerprint density at radius 2 is 1.38 bits per heavy atom. The van der Waals surface area contributed by atoms with Gasteiger partial charge < -0.3 is 59.8 Å². The number of rotatable bonds is 31. The second kappa shape index (κ2) is 32.9. The van der Waals surface area contributed by atoms with Crippen molar-refractivity contribution in [2.75, 3.05) is 83.5 Å². The van der Waals surface area contributed by atoms with E-state index in [1.165, 1.54) is 12.0 Å². The lowest BCUT2D eigenvalue weighted by atomic mass is 9.85.